The summed E-state index contributed by atoms with van der Waals surface area (Å²) in [6, 6.07) is 3.15. The number of halogens is 1. The number of piperazine rings is 1. The van der Waals surface area contributed by atoms with E-state index >= 15 is 0 Å². The molecular weight excluding hydrogens is 386 g/mol. The minimum absolute atomic E-state index is 0.198. The molecular formula is C14H16ClN5O3S2. The van der Waals surface area contributed by atoms with Crippen molar-refractivity contribution < 1.29 is 13.2 Å². The second-order valence-electron chi connectivity index (χ2n) is 5.32. The van der Waals surface area contributed by atoms with Gasteiger partial charge in [-0.2, -0.15) is 0 Å². The highest BCUT2D eigenvalue weighted by atomic mass is 35.5. The summed E-state index contributed by atoms with van der Waals surface area (Å²) in [6.45, 7) is 1.83. The van der Waals surface area contributed by atoms with Gasteiger partial charge in [0.1, 0.15) is 15.6 Å². The fourth-order valence-corrected chi connectivity index (χ4v) is 4.70. The molecule has 134 valence electrons. The number of anilines is 1. The van der Waals surface area contributed by atoms with Crippen LogP contribution >= 0.6 is 22.9 Å². The molecule has 2 aromatic rings. The number of amides is 1. The first-order valence-corrected chi connectivity index (χ1v) is 10.2. The fourth-order valence-electron chi connectivity index (χ4n) is 2.46. The number of nitrogens with one attached hydrogen (secondary N) is 1. The van der Waals surface area contributed by atoms with E-state index in [0.717, 1.165) is 11.3 Å². The number of hydrogen-bond donors (Lipinski definition) is 1. The topological polar surface area (TPSA) is 95.5 Å². The van der Waals surface area contributed by atoms with Gasteiger partial charge in [-0.3, -0.25) is 4.79 Å². The van der Waals surface area contributed by atoms with Gasteiger partial charge in [-0.25, -0.2) is 23.1 Å². The van der Waals surface area contributed by atoms with Gasteiger partial charge in [0, 0.05) is 26.2 Å². The lowest BCUT2D eigenvalue weighted by molar-refractivity contribution is -0.130. The third kappa shape index (κ3) is 4.27. The zero-order chi connectivity index (χ0) is 17.9. The Bertz CT molecular complexity index is 836. The predicted octanol–water partition coefficient (Wildman–Crippen LogP) is 0.819. The van der Waals surface area contributed by atoms with Crippen LogP contribution in [0.2, 0.25) is 5.02 Å². The van der Waals surface area contributed by atoms with E-state index in [1.54, 1.807) is 16.3 Å². The first-order chi connectivity index (χ1) is 12.0. The zero-order valence-corrected chi connectivity index (χ0v) is 15.5. The van der Waals surface area contributed by atoms with E-state index in [4.69, 9.17) is 11.6 Å². The van der Waals surface area contributed by atoms with Gasteiger partial charge < -0.3 is 9.80 Å². The smallest absolute Gasteiger partial charge is 0.250 e. The quantitative estimate of drug-likeness (QED) is 0.796. The Kier molecular flexibility index (Phi) is 5.52. The van der Waals surface area contributed by atoms with Crippen molar-refractivity contribution in [3.8, 4) is 0 Å². The van der Waals surface area contributed by atoms with Crippen molar-refractivity contribution in [3.63, 3.8) is 0 Å². The Hall–Kier alpha value is -1.75. The molecule has 0 radical (unpaired) electrons. The van der Waals surface area contributed by atoms with Gasteiger partial charge in [0.05, 0.1) is 12.7 Å². The lowest BCUT2D eigenvalue weighted by Crippen LogP contribution is -2.51. The van der Waals surface area contributed by atoms with Crippen molar-refractivity contribution >= 4 is 44.7 Å². The number of hydrogen-bond acceptors (Lipinski definition) is 7. The van der Waals surface area contributed by atoms with Crippen LogP contribution < -0.4 is 9.62 Å². The van der Waals surface area contributed by atoms with Crippen molar-refractivity contribution in [3.05, 3.63) is 35.1 Å². The Labute approximate surface area is 154 Å². The van der Waals surface area contributed by atoms with Crippen LogP contribution in [0.3, 0.4) is 0 Å². The average Bonchev–Trinajstić information content (AvgIpc) is 3.16. The number of carbonyl (C=O) groups is 1. The summed E-state index contributed by atoms with van der Waals surface area (Å²) in [4.78, 5) is 23.9. The first-order valence-electron chi connectivity index (χ1n) is 7.49. The molecule has 1 amide bonds. The number of sulfonamides is 1. The van der Waals surface area contributed by atoms with Crippen LogP contribution in [0, 0.1) is 0 Å². The molecule has 1 fully saturated rings. The van der Waals surface area contributed by atoms with Gasteiger partial charge >= 0.3 is 0 Å². The van der Waals surface area contributed by atoms with Crippen molar-refractivity contribution in [2.45, 2.75) is 4.21 Å². The van der Waals surface area contributed by atoms with E-state index < -0.39 is 10.0 Å². The van der Waals surface area contributed by atoms with Crippen LogP contribution in [0.1, 0.15) is 0 Å². The molecule has 0 atom stereocenters. The molecule has 2 aromatic heterocycles. The molecule has 0 bridgehead atoms. The number of rotatable bonds is 5. The van der Waals surface area contributed by atoms with E-state index in [1.165, 1.54) is 18.6 Å². The molecule has 0 spiro atoms. The minimum Gasteiger partial charge on any atom is -0.352 e. The summed E-state index contributed by atoms with van der Waals surface area (Å²) < 4.78 is 26.6. The van der Waals surface area contributed by atoms with E-state index in [-0.39, 0.29) is 16.7 Å². The molecule has 1 saturated heterocycles. The number of carbonyl (C=O) groups excluding carboxylic acids is 1. The van der Waals surface area contributed by atoms with Crippen molar-refractivity contribution in [1.29, 1.82) is 0 Å². The highest BCUT2D eigenvalue weighted by Gasteiger charge is 2.24. The lowest BCUT2D eigenvalue weighted by atomic mass is 10.3. The second-order valence-corrected chi connectivity index (χ2v) is 8.67. The van der Waals surface area contributed by atoms with Crippen LogP contribution in [0.25, 0.3) is 0 Å². The zero-order valence-electron chi connectivity index (χ0n) is 13.1. The van der Waals surface area contributed by atoms with Crippen molar-refractivity contribution in [2.75, 3.05) is 37.6 Å². The summed E-state index contributed by atoms with van der Waals surface area (Å²) in [7, 11) is -3.63. The molecule has 3 heterocycles. The predicted molar refractivity (Wildman–Crippen MR) is 95.3 cm³/mol. The third-order valence-corrected chi connectivity index (χ3v) is 6.82. The average molecular weight is 402 g/mol. The summed E-state index contributed by atoms with van der Waals surface area (Å²) >= 11 is 7.19. The standard InChI is InChI=1S/C14H16ClN5O3S2/c15-11-8-16-10-17-14(11)20-5-3-19(4-6-20)12(21)9-18-25(22,23)13-2-1-7-24-13/h1-2,7-8,10,18H,3-6,9H2. The normalized spacial score (nSPS) is 15.4. The summed E-state index contributed by atoms with van der Waals surface area (Å²) in [6.07, 6.45) is 2.96. The van der Waals surface area contributed by atoms with Crippen molar-refractivity contribution in [1.82, 2.24) is 19.6 Å². The van der Waals surface area contributed by atoms with Gasteiger partial charge in [-0.1, -0.05) is 17.7 Å². The summed E-state index contributed by atoms with van der Waals surface area (Å²) in [5, 5.41) is 2.14. The molecule has 1 N–H and O–H groups in total. The fraction of sp³-hybridized carbons (Fsp3) is 0.357. The summed E-state index contributed by atoms with van der Waals surface area (Å²) in [5.41, 5.74) is 0. The lowest BCUT2D eigenvalue weighted by Gasteiger charge is -2.35. The molecule has 1 aliphatic rings. The molecule has 0 unspecified atom stereocenters. The maximum absolute atomic E-state index is 12.3. The van der Waals surface area contributed by atoms with Gasteiger partial charge in [-0.15, -0.1) is 11.3 Å². The molecule has 0 aliphatic carbocycles. The molecule has 25 heavy (non-hydrogen) atoms. The maximum Gasteiger partial charge on any atom is 0.250 e. The van der Waals surface area contributed by atoms with Crippen LogP contribution in [0.5, 0.6) is 0 Å². The van der Waals surface area contributed by atoms with E-state index in [2.05, 4.69) is 14.7 Å². The van der Waals surface area contributed by atoms with Gasteiger partial charge in [0.2, 0.25) is 5.91 Å². The van der Waals surface area contributed by atoms with E-state index in [9.17, 15) is 13.2 Å². The Balaban J connectivity index is 1.53. The van der Waals surface area contributed by atoms with Crippen molar-refractivity contribution in [2.24, 2.45) is 0 Å². The van der Waals surface area contributed by atoms with Crippen LogP contribution in [0.4, 0.5) is 5.82 Å². The molecule has 3 rings (SSSR count). The van der Waals surface area contributed by atoms with Gasteiger partial charge in [0.15, 0.2) is 5.82 Å². The highest BCUT2D eigenvalue weighted by Crippen LogP contribution is 2.22. The minimum atomic E-state index is -3.63. The van der Waals surface area contributed by atoms with Crippen LogP contribution in [-0.4, -0.2) is 61.9 Å². The van der Waals surface area contributed by atoms with Crippen LogP contribution in [-0.2, 0) is 14.8 Å². The number of aromatic nitrogens is 2. The Morgan fingerprint density at radius 3 is 2.72 bits per heavy atom. The van der Waals surface area contributed by atoms with Crippen LogP contribution in [0.15, 0.2) is 34.2 Å². The second kappa shape index (κ2) is 7.65. The number of nitrogens with zero attached hydrogens (tertiary/aromatic N) is 4. The molecule has 11 heteroatoms. The number of thiophene rings is 1. The molecule has 1 aliphatic heterocycles. The Morgan fingerprint density at radius 1 is 1.32 bits per heavy atom. The SMILES string of the molecule is O=C(CNS(=O)(=O)c1cccs1)N1CCN(c2ncncc2Cl)CC1. The first kappa shape index (κ1) is 18.1. The Morgan fingerprint density at radius 2 is 2.08 bits per heavy atom. The third-order valence-electron chi connectivity index (χ3n) is 3.75. The largest absolute Gasteiger partial charge is 0.352 e. The van der Waals surface area contributed by atoms with E-state index in [0.29, 0.717) is 37.0 Å². The monoisotopic (exact) mass is 401 g/mol. The molecule has 0 aromatic carbocycles. The maximum atomic E-state index is 12.3. The highest BCUT2D eigenvalue weighted by molar-refractivity contribution is 7.91. The summed E-state index contributed by atoms with van der Waals surface area (Å²) in [5.74, 6) is 0.385. The van der Waals surface area contributed by atoms with E-state index in [1.807, 2.05) is 4.90 Å². The van der Waals surface area contributed by atoms with Gasteiger partial charge in [0.25, 0.3) is 10.0 Å². The van der Waals surface area contributed by atoms with Gasteiger partial charge in [-0.05, 0) is 11.4 Å². The molecule has 8 nitrogen and oxygen atoms in total. The molecule has 0 saturated carbocycles.